The first-order chi connectivity index (χ1) is 9.63. The second kappa shape index (κ2) is 7.46. The first-order valence-corrected chi connectivity index (χ1v) is 8.58. The second-order valence-corrected chi connectivity index (χ2v) is 6.78. The van der Waals surface area contributed by atoms with E-state index >= 15 is 0 Å². The zero-order valence-electron chi connectivity index (χ0n) is 12.8. The Morgan fingerprint density at radius 3 is 2.60 bits per heavy atom. The molecule has 0 radical (unpaired) electrons. The van der Waals surface area contributed by atoms with Gasteiger partial charge in [0.25, 0.3) is 0 Å². The van der Waals surface area contributed by atoms with E-state index in [1.165, 1.54) is 36.8 Å². The lowest BCUT2D eigenvalue weighted by Crippen LogP contribution is -2.18. The number of aryl methyl sites for hydroxylation is 1. The summed E-state index contributed by atoms with van der Waals surface area (Å²) in [5.41, 5.74) is 2.49. The van der Waals surface area contributed by atoms with Gasteiger partial charge in [0, 0.05) is 22.6 Å². The molecule has 1 N–H and O–H groups in total. The highest BCUT2D eigenvalue weighted by Crippen LogP contribution is 2.30. The highest BCUT2D eigenvalue weighted by atomic mass is 79.9. The van der Waals surface area contributed by atoms with Gasteiger partial charge in [-0.25, -0.2) is 0 Å². The number of hydrogen-bond acceptors (Lipinski definition) is 2. The van der Waals surface area contributed by atoms with Crippen molar-refractivity contribution in [3.05, 3.63) is 27.7 Å². The molecule has 0 saturated heterocycles. The zero-order chi connectivity index (χ0) is 14.5. The molecule has 1 aromatic carbocycles. The van der Waals surface area contributed by atoms with Crippen LogP contribution in [0.5, 0.6) is 5.75 Å². The third-order valence-corrected chi connectivity index (χ3v) is 4.55. The predicted octanol–water partition coefficient (Wildman–Crippen LogP) is 4.82. The van der Waals surface area contributed by atoms with Gasteiger partial charge in [0.15, 0.2) is 0 Å². The smallest absolute Gasteiger partial charge is 0.126 e. The number of hydrogen-bond donors (Lipinski definition) is 1. The van der Waals surface area contributed by atoms with Crippen molar-refractivity contribution in [2.24, 2.45) is 5.92 Å². The van der Waals surface area contributed by atoms with Crippen LogP contribution in [0.15, 0.2) is 16.6 Å². The number of rotatable bonds is 8. The average molecular weight is 340 g/mol. The van der Waals surface area contributed by atoms with Crippen LogP contribution in [0.2, 0.25) is 0 Å². The van der Waals surface area contributed by atoms with Gasteiger partial charge in [-0.05, 0) is 43.4 Å². The largest absolute Gasteiger partial charge is 0.493 e. The number of benzene rings is 1. The van der Waals surface area contributed by atoms with Gasteiger partial charge >= 0.3 is 0 Å². The quantitative estimate of drug-likeness (QED) is 0.732. The summed E-state index contributed by atoms with van der Waals surface area (Å²) in [6.07, 6.45) is 5.00. The molecular weight excluding hydrogens is 314 g/mol. The fourth-order valence-electron chi connectivity index (χ4n) is 2.40. The van der Waals surface area contributed by atoms with Crippen molar-refractivity contribution >= 4 is 15.9 Å². The summed E-state index contributed by atoms with van der Waals surface area (Å²) < 4.78 is 7.30. The number of nitrogens with one attached hydrogen (secondary N) is 1. The molecule has 0 atom stereocenters. The monoisotopic (exact) mass is 339 g/mol. The van der Waals surface area contributed by atoms with Crippen LogP contribution >= 0.6 is 15.9 Å². The maximum Gasteiger partial charge on any atom is 0.126 e. The summed E-state index contributed by atoms with van der Waals surface area (Å²) >= 11 is 3.59. The van der Waals surface area contributed by atoms with Gasteiger partial charge in [-0.1, -0.05) is 42.6 Å². The molecule has 0 amide bonds. The fourth-order valence-corrected chi connectivity index (χ4v) is 3.02. The molecule has 0 spiro atoms. The maximum atomic E-state index is 6.16. The summed E-state index contributed by atoms with van der Waals surface area (Å²) in [6.45, 7) is 8.34. The molecule has 1 saturated carbocycles. The third-order valence-electron chi connectivity index (χ3n) is 4.09. The van der Waals surface area contributed by atoms with Crippen LogP contribution < -0.4 is 10.1 Å². The van der Waals surface area contributed by atoms with Crippen LogP contribution in [0.4, 0.5) is 0 Å². The highest BCUT2D eigenvalue weighted by molar-refractivity contribution is 9.10. The molecule has 2 nitrogen and oxygen atoms in total. The van der Waals surface area contributed by atoms with Gasteiger partial charge in [0.1, 0.15) is 5.75 Å². The van der Waals surface area contributed by atoms with E-state index in [4.69, 9.17) is 4.74 Å². The van der Waals surface area contributed by atoms with Crippen LogP contribution in [0.25, 0.3) is 0 Å². The Morgan fingerprint density at radius 2 is 2.00 bits per heavy atom. The Kier molecular flexibility index (Phi) is 5.91. The van der Waals surface area contributed by atoms with E-state index in [9.17, 15) is 0 Å². The van der Waals surface area contributed by atoms with Crippen molar-refractivity contribution in [2.75, 3.05) is 6.61 Å². The molecular formula is C17H26BrNO. The zero-order valence-corrected chi connectivity index (χ0v) is 14.4. The molecule has 112 valence electrons. The molecule has 1 aliphatic carbocycles. The molecule has 0 bridgehead atoms. The standard InChI is InChI=1S/C17H26BrNO/c1-4-13(5-2)11-20-17-12(3)8-15(18)9-14(17)10-19-16-6-7-16/h8-9,13,16,19H,4-7,10-11H2,1-3H3. The van der Waals surface area contributed by atoms with E-state index in [0.29, 0.717) is 5.92 Å². The summed E-state index contributed by atoms with van der Waals surface area (Å²) in [5.74, 6) is 1.73. The van der Waals surface area contributed by atoms with Gasteiger partial charge in [-0.15, -0.1) is 0 Å². The Balaban J connectivity index is 2.06. The van der Waals surface area contributed by atoms with E-state index in [2.05, 4.69) is 54.2 Å². The molecule has 20 heavy (non-hydrogen) atoms. The van der Waals surface area contributed by atoms with E-state index in [-0.39, 0.29) is 0 Å². The van der Waals surface area contributed by atoms with Crippen LogP contribution in [-0.4, -0.2) is 12.6 Å². The first-order valence-electron chi connectivity index (χ1n) is 7.79. The van der Waals surface area contributed by atoms with Gasteiger partial charge in [0.2, 0.25) is 0 Å². The third kappa shape index (κ3) is 4.49. The van der Waals surface area contributed by atoms with Gasteiger partial charge in [0.05, 0.1) is 6.61 Å². The number of ether oxygens (including phenoxy) is 1. The molecule has 0 heterocycles. The molecule has 1 aromatic rings. The lowest BCUT2D eigenvalue weighted by atomic mass is 10.0. The summed E-state index contributed by atoms with van der Waals surface area (Å²) in [5, 5.41) is 3.58. The van der Waals surface area contributed by atoms with Crippen LogP contribution in [0.1, 0.15) is 50.7 Å². The van der Waals surface area contributed by atoms with Crippen LogP contribution in [-0.2, 0) is 6.54 Å². The second-order valence-electron chi connectivity index (χ2n) is 5.86. The molecule has 0 aliphatic heterocycles. The first kappa shape index (κ1) is 15.8. The van der Waals surface area contributed by atoms with Crippen molar-refractivity contribution in [3.63, 3.8) is 0 Å². The van der Waals surface area contributed by atoms with Crippen molar-refractivity contribution < 1.29 is 4.74 Å². The molecule has 1 aliphatic rings. The lowest BCUT2D eigenvalue weighted by molar-refractivity contribution is 0.237. The Labute approximate surface area is 131 Å². The fraction of sp³-hybridized carbons (Fsp3) is 0.647. The van der Waals surface area contributed by atoms with E-state index < -0.39 is 0 Å². The van der Waals surface area contributed by atoms with E-state index in [1.807, 2.05) is 0 Å². The van der Waals surface area contributed by atoms with Crippen molar-refractivity contribution in [2.45, 2.75) is 59.0 Å². The van der Waals surface area contributed by atoms with Crippen LogP contribution in [0, 0.1) is 12.8 Å². The maximum absolute atomic E-state index is 6.16. The van der Waals surface area contributed by atoms with Crippen molar-refractivity contribution in [1.82, 2.24) is 5.32 Å². The minimum Gasteiger partial charge on any atom is -0.493 e. The normalized spacial score (nSPS) is 14.8. The summed E-state index contributed by atoms with van der Waals surface area (Å²) in [4.78, 5) is 0. The summed E-state index contributed by atoms with van der Waals surface area (Å²) in [6, 6.07) is 5.05. The topological polar surface area (TPSA) is 21.3 Å². The van der Waals surface area contributed by atoms with Gasteiger partial charge < -0.3 is 10.1 Å². The highest BCUT2D eigenvalue weighted by Gasteiger charge is 2.21. The SMILES string of the molecule is CCC(CC)COc1c(C)cc(Br)cc1CNC1CC1. The van der Waals surface area contributed by atoms with E-state index in [0.717, 1.165) is 29.4 Å². The number of halogens is 1. The Bertz CT molecular complexity index is 439. The molecule has 0 unspecified atom stereocenters. The van der Waals surface area contributed by atoms with E-state index in [1.54, 1.807) is 0 Å². The molecule has 1 fully saturated rings. The average Bonchev–Trinajstić information content (AvgIpc) is 3.23. The predicted molar refractivity (Wildman–Crippen MR) is 88.3 cm³/mol. The van der Waals surface area contributed by atoms with Gasteiger partial charge in [-0.3, -0.25) is 0 Å². The minimum absolute atomic E-state index is 0.655. The van der Waals surface area contributed by atoms with Crippen molar-refractivity contribution in [1.29, 1.82) is 0 Å². The summed E-state index contributed by atoms with van der Waals surface area (Å²) in [7, 11) is 0. The Hall–Kier alpha value is -0.540. The molecule has 2 rings (SSSR count). The van der Waals surface area contributed by atoms with Crippen molar-refractivity contribution in [3.8, 4) is 5.75 Å². The lowest BCUT2D eigenvalue weighted by Gasteiger charge is -2.19. The Morgan fingerprint density at radius 1 is 1.30 bits per heavy atom. The van der Waals surface area contributed by atoms with Gasteiger partial charge in [-0.2, -0.15) is 0 Å². The molecule has 3 heteroatoms. The minimum atomic E-state index is 0.655. The molecule has 0 aromatic heterocycles. The van der Waals surface area contributed by atoms with Crippen LogP contribution in [0.3, 0.4) is 0 Å².